The molecule has 0 radical (unpaired) electrons. The summed E-state index contributed by atoms with van der Waals surface area (Å²) in [6.07, 6.45) is 0. The van der Waals surface area contributed by atoms with Crippen molar-refractivity contribution in [2.45, 2.75) is 27.0 Å². The van der Waals surface area contributed by atoms with E-state index in [9.17, 15) is 4.79 Å². The van der Waals surface area contributed by atoms with Crippen molar-refractivity contribution in [1.29, 1.82) is 0 Å². The molecule has 0 atom stereocenters. The molecule has 0 spiro atoms. The molecule has 0 bridgehead atoms. The van der Waals surface area contributed by atoms with Gasteiger partial charge in [-0.2, -0.15) is 0 Å². The molecule has 0 unspecified atom stereocenters. The Bertz CT molecular complexity index is 1210. The largest absolute Gasteiger partial charge is 0.497 e. The topological polar surface area (TPSA) is 73.6 Å². The Morgan fingerprint density at radius 3 is 2.58 bits per heavy atom. The highest BCUT2D eigenvalue weighted by atomic mass is 16.5. The molecular formula is C25H24N2O4. The highest BCUT2D eigenvalue weighted by Gasteiger charge is 2.11. The standard InChI is InChI=1S/C25H24N2O4/c1-16-24(17(2)31-27-16)15-30-23-6-4-5-21(13-23)25(28)26-14-18-7-8-20-12-22(29-3)10-9-19(20)11-18/h4-13H,14-15H2,1-3H3,(H,26,28). The van der Waals surface area contributed by atoms with Gasteiger partial charge in [-0.3, -0.25) is 4.79 Å². The summed E-state index contributed by atoms with van der Waals surface area (Å²) >= 11 is 0. The lowest BCUT2D eigenvalue weighted by molar-refractivity contribution is 0.0950. The predicted octanol–water partition coefficient (Wildman–Crippen LogP) is 4.96. The van der Waals surface area contributed by atoms with Crippen molar-refractivity contribution in [1.82, 2.24) is 10.5 Å². The Labute approximate surface area is 180 Å². The maximum absolute atomic E-state index is 12.7. The number of aromatic nitrogens is 1. The first-order chi connectivity index (χ1) is 15.0. The summed E-state index contributed by atoms with van der Waals surface area (Å²) in [5.41, 5.74) is 3.29. The minimum Gasteiger partial charge on any atom is -0.497 e. The summed E-state index contributed by atoms with van der Waals surface area (Å²) in [7, 11) is 1.65. The van der Waals surface area contributed by atoms with Crippen LogP contribution in [0.2, 0.25) is 0 Å². The lowest BCUT2D eigenvalue weighted by atomic mass is 10.1. The molecule has 0 aliphatic carbocycles. The van der Waals surface area contributed by atoms with Crippen molar-refractivity contribution < 1.29 is 18.8 Å². The van der Waals surface area contributed by atoms with Gasteiger partial charge in [0.2, 0.25) is 0 Å². The molecule has 0 fully saturated rings. The van der Waals surface area contributed by atoms with Crippen LogP contribution in [0, 0.1) is 13.8 Å². The fourth-order valence-electron chi connectivity index (χ4n) is 3.39. The van der Waals surface area contributed by atoms with Crippen molar-refractivity contribution in [3.05, 3.63) is 88.8 Å². The van der Waals surface area contributed by atoms with Gasteiger partial charge in [-0.25, -0.2) is 0 Å². The number of carbonyl (C=O) groups is 1. The van der Waals surface area contributed by atoms with Crippen LogP contribution < -0.4 is 14.8 Å². The van der Waals surface area contributed by atoms with Crippen LogP contribution in [0.1, 0.15) is 32.9 Å². The van der Waals surface area contributed by atoms with Gasteiger partial charge in [0.25, 0.3) is 5.91 Å². The molecule has 3 aromatic carbocycles. The molecule has 0 saturated carbocycles. The Hall–Kier alpha value is -3.80. The predicted molar refractivity (Wildman–Crippen MR) is 118 cm³/mol. The minimum absolute atomic E-state index is 0.155. The average molecular weight is 416 g/mol. The zero-order chi connectivity index (χ0) is 21.8. The van der Waals surface area contributed by atoms with E-state index in [-0.39, 0.29) is 5.91 Å². The summed E-state index contributed by atoms with van der Waals surface area (Å²) in [5.74, 6) is 2.02. The number of fused-ring (bicyclic) bond motifs is 1. The zero-order valence-corrected chi connectivity index (χ0v) is 17.8. The van der Waals surface area contributed by atoms with Crippen molar-refractivity contribution in [2.24, 2.45) is 0 Å². The molecule has 0 aliphatic heterocycles. The van der Waals surface area contributed by atoms with Gasteiger partial charge in [-0.1, -0.05) is 29.4 Å². The number of carbonyl (C=O) groups excluding carboxylic acids is 1. The number of nitrogens with one attached hydrogen (secondary N) is 1. The van der Waals surface area contributed by atoms with Crippen molar-refractivity contribution in [3.8, 4) is 11.5 Å². The normalized spacial score (nSPS) is 10.8. The maximum atomic E-state index is 12.7. The number of aryl methyl sites for hydroxylation is 2. The van der Waals surface area contributed by atoms with Crippen LogP contribution >= 0.6 is 0 Å². The molecule has 6 nitrogen and oxygen atoms in total. The van der Waals surface area contributed by atoms with Crippen LogP contribution in [0.3, 0.4) is 0 Å². The Morgan fingerprint density at radius 1 is 1.00 bits per heavy atom. The number of methoxy groups -OCH3 is 1. The number of hydrogen-bond donors (Lipinski definition) is 1. The molecule has 4 rings (SSSR count). The van der Waals surface area contributed by atoms with Gasteiger partial charge in [0, 0.05) is 12.1 Å². The van der Waals surface area contributed by atoms with E-state index in [1.54, 1.807) is 25.3 Å². The van der Waals surface area contributed by atoms with E-state index < -0.39 is 0 Å². The third-order valence-electron chi connectivity index (χ3n) is 5.23. The first kappa shape index (κ1) is 20.5. The fraction of sp³-hybridized carbons (Fsp3) is 0.200. The summed E-state index contributed by atoms with van der Waals surface area (Å²) < 4.78 is 16.3. The van der Waals surface area contributed by atoms with Gasteiger partial charge in [0.1, 0.15) is 23.9 Å². The average Bonchev–Trinajstić information content (AvgIpc) is 3.12. The van der Waals surface area contributed by atoms with Gasteiger partial charge in [-0.15, -0.1) is 0 Å². The van der Waals surface area contributed by atoms with E-state index in [4.69, 9.17) is 14.0 Å². The molecule has 0 saturated heterocycles. The molecule has 158 valence electrons. The van der Waals surface area contributed by atoms with Crippen LogP contribution in [0.15, 0.2) is 65.2 Å². The molecule has 6 heteroatoms. The smallest absolute Gasteiger partial charge is 0.251 e. The second kappa shape index (κ2) is 8.92. The van der Waals surface area contributed by atoms with Gasteiger partial charge in [0.05, 0.1) is 18.4 Å². The van der Waals surface area contributed by atoms with Crippen LogP contribution in [0.5, 0.6) is 11.5 Å². The zero-order valence-electron chi connectivity index (χ0n) is 17.8. The Balaban J connectivity index is 1.39. The third-order valence-corrected chi connectivity index (χ3v) is 5.23. The number of benzene rings is 3. The van der Waals surface area contributed by atoms with Gasteiger partial charge in [0.15, 0.2) is 0 Å². The molecule has 1 amide bonds. The third kappa shape index (κ3) is 4.69. The van der Waals surface area contributed by atoms with E-state index in [1.807, 2.05) is 50.2 Å². The van der Waals surface area contributed by atoms with Crippen molar-refractivity contribution >= 4 is 16.7 Å². The molecule has 1 heterocycles. The Morgan fingerprint density at radius 2 is 1.81 bits per heavy atom. The SMILES string of the molecule is COc1ccc2cc(CNC(=O)c3cccc(OCc4c(C)noc4C)c3)ccc2c1. The van der Waals surface area contributed by atoms with Gasteiger partial charge >= 0.3 is 0 Å². The molecule has 1 aromatic heterocycles. The number of hydrogen-bond acceptors (Lipinski definition) is 5. The number of amides is 1. The van der Waals surface area contributed by atoms with Crippen LogP contribution in [-0.4, -0.2) is 18.2 Å². The minimum atomic E-state index is -0.155. The number of ether oxygens (including phenoxy) is 2. The highest BCUT2D eigenvalue weighted by Crippen LogP contribution is 2.22. The van der Waals surface area contributed by atoms with Crippen LogP contribution in [-0.2, 0) is 13.2 Å². The van der Waals surface area contributed by atoms with Gasteiger partial charge < -0.3 is 19.3 Å². The second-order valence-electron chi connectivity index (χ2n) is 7.35. The van der Waals surface area contributed by atoms with Crippen molar-refractivity contribution in [3.63, 3.8) is 0 Å². The summed E-state index contributed by atoms with van der Waals surface area (Å²) in [5, 5.41) is 9.10. The first-order valence-corrected chi connectivity index (χ1v) is 10.0. The van der Waals surface area contributed by atoms with E-state index >= 15 is 0 Å². The van der Waals surface area contributed by atoms with Crippen LogP contribution in [0.4, 0.5) is 0 Å². The number of rotatable bonds is 7. The van der Waals surface area contributed by atoms with E-state index in [1.165, 1.54) is 0 Å². The molecule has 1 N–H and O–H groups in total. The number of nitrogens with zero attached hydrogens (tertiary/aromatic N) is 1. The monoisotopic (exact) mass is 416 g/mol. The summed E-state index contributed by atoms with van der Waals surface area (Å²) in [6.45, 7) is 4.51. The lowest BCUT2D eigenvalue weighted by Gasteiger charge is -2.10. The first-order valence-electron chi connectivity index (χ1n) is 10.0. The molecule has 4 aromatic rings. The summed E-state index contributed by atoms with van der Waals surface area (Å²) in [6, 6.07) is 19.2. The second-order valence-corrected chi connectivity index (χ2v) is 7.35. The van der Waals surface area contributed by atoms with E-state index in [0.29, 0.717) is 24.5 Å². The lowest BCUT2D eigenvalue weighted by Crippen LogP contribution is -2.22. The van der Waals surface area contributed by atoms with Crippen LogP contribution in [0.25, 0.3) is 10.8 Å². The summed E-state index contributed by atoms with van der Waals surface area (Å²) in [4.78, 5) is 12.7. The molecular weight excluding hydrogens is 392 g/mol. The molecule has 0 aliphatic rings. The van der Waals surface area contributed by atoms with E-state index in [0.717, 1.165) is 39.1 Å². The fourth-order valence-corrected chi connectivity index (χ4v) is 3.39. The Kier molecular flexibility index (Phi) is 5.89. The van der Waals surface area contributed by atoms with Crippen molar-refractivity contribution in [2.75, 3.05) is 7.11 Å². The van der Waals surface area contributed by atoms with E-state index in [2.05, 4.69) is 16.5 Å². The van der Waals surface area contributed by atoms with Gasteiger partial charge in [-0.05, 0) is 66.6 Å². The maximum Gasteiger partial charge on any atom is 0.251 e. The highest BCUT2D eigenvalue weighted by molar-refractivity contribution is 5.94. The molecule has 31 heavy (non-hydrogen) atoms. The quantitative estimate of drug-likeness (QED) is 0.461.